The van der Waals surface area contributed by atoms with Crippen molar-refractivity contribution in [2.24, 2.45) is 5.10 Å². The molecule has 0 radical (unpaired) electrons. The van der Waals surface area contributed by atoms with Crippen LogP contribution in [0.4, 0.5) is 5.69 Å². The van der Waals surface area contributed by atoms with Crippen molar-refractivity contribution < 1.29 is 22.7 Å². The van der Waals surface area contributed by atoms with E-state index in [0.29, 0.717) is 36.0 Å². The van der Waals surface area contributed by atoms with Crippen molar-refractivity contribution in [1.29, 1.82) is 0 Å². The van der Waals surface area contributed by atoms with Gasteiger partial charge in [-0.3, -0.25) is 9.10 Å². The average molecular weight is 572 g/mol. The van der Waals surface area contributed by atoms with Crippen LogP contribution in [0.2, 0.25) is 0 Å². The van der Waals surface area contributed by atoms with Crippen molar-refractivity contribution in [2.45, 2.75) is 32.3 Å². The smallest absolute Gasteiger partial charge is 0.264 e. The second-order valence-electron chi connectivity index (χ2n) is 9.32. The van der Waals surface area contributed by atoms with Crippen LogP contribution in [0.5, 0.6) is 11.5 Å². The third-order valence-corrected chi connectivity index (χ3v) is 7.92. The Hall–Kier alpha value is -4.63. The lowest BCUT2D eigenvalue weighted by molar-refractivity contribution is -0.119. The molecule has 8 nitrogen and oxygen atoms in total. The van der Waals surface area contributed by atoms with Gasteiger partial charge in [0, 0.05) is 0 Å². The molecule has 1 amide bonds. The van der Waals surface area contributed by atoms with Gasteiger partial charge in [0.2, 0.25) is 0 Å². The maximum atomic E-state index is 13.6. The van der Waals surface area contributed by atoms with Crippen molar-refractivity contribution >= 4 is 27.8 Å². The van der Waals surface area contributed by atoms with Gasteiger partial charge in [-0.1, -0.05) is 66.2 Å². The number of carbonyl (C=O) groups excluding carboxylic acids is 1. The molecule has 0 heterocycles. The van der Waals surface area contributed by atoms with Crippen LogP contribution >= 0.6 is 0 Å². The number of hydrogen-bond acceptors (Lipinski definition) is 6. The molecule has 0 unspecified atom stereocenters. The maximum absolute atomic E-state index is 13.6. The summed E-state index contributed by atoms with van der Waals surface area (Å²) in [5.74, 6) is 0.550. The molecule has 41 heavy (non-hydrogen) atoms. The summed E-state index contributed by atoms with van der Waals surface area (Å²) >= 11 is 0. The first kappa shape index (κ1) is 29.4. The topological polar surface area (TPSA) is 97.3 Å². The van der Waals surface area contributed by atoms with Crippen molar-refractivity contribution in [3.63, 3.8) is 0 Å². The summed E-state index contributed by atoms with van der Waals surface area (Å²) < 4.78 is 39.9. The number of nitrogens with one attached hydrogen (secondary N) is 1. The van der Waals surface area contributed by atoms with Crippen LogP contribution in [0.1, 0.15) is 29.2 Å². The highest BCUT2D eigenvalue weighted by atomic mass is 32.2. The van der Waals surface area contributed by atoms with Crippen LogP contribution in [0, 0.1) is 13.8 Å². The monoisotopic (exact) mass is 571 g/mol. The van der Waals surface area contributed by atoms with Gasteiger partial charge >= 0.3 is 0 Å². The summed E-state index contributed by atoms with van der Waals surface area (Å²) in [7, 11) is -4.01. The first-order chi connectivity index (χ1) is 19.8. The minimum atomic E-state index is -4.01. The lowest BCUT2D eigenvalue weighted by Gasteiger charge is -2.25. The molecule has 0 aliphatic heterocycles. The Morgan fingerprint density at radius 3 is 2.27 bits per heavy atom. The van der Waals surface area contributed by atoms with E-state index in [1.807, 2.05) is 63.2 Å². The van der Waals surface area contributed by atoms with E-state index in [4.69, 9.17) is 9.47 Å². The third kappa shape index (κ3) is 7.73. The molecule has 9 heteroatoms. The lowest BCUT2D eigenvalue weighted by atomic mass is 10.1. The number of hydrazone groups is 1. The highest BCUT2D eigenvalue weighted by molar-refractivity contribution is 7.92. The summed E-state index contributed by atoms with van der Waals surface area (Å²) in [6, 6.07) is 28.6. The van der Waals surface area contributed by atoms with Gasteiger partial charge in [0.1, 0.15) is 13.2 Å². The summed E-state index contributed by atoms with van der Waals surface area (Å²) in [5, 5.41) is 4.06. The van der Waals surface area contributed by atoms with Crippen molar-refractivity contribution in [2.75, 3.05) is 17.5 Å². The number of aryl methyl sites for hydroxylation is 2. The molecule has 0 aromatic heterocycles. The minimum Gasteiger partial charge on any atom is -0.490 e. The Morgan fingerprint density at radius 2 is 1.59 bits per heavy atom. The molecule has 0 spiro atoms. The molecule has 0 fully saturated rings. The fourth-order valence-electron chi connectivity index (χ4n) is 4.18. The zero-order valence-corrected chi connectivity index (χ0v) is 24.1. The fraction of sp³-hybridized carbons (Fsp3) is 0.188. The van der Waals surface area contributed by atoms with Gasteiger partial charge in [-0.05, 0) is 73.9 Å². The second kappa shape index (κ2) is 13.6. The summed E-state index contributed by atoms with van der Waals surface area (Å²) in [5.41, 5.74) is 6.30. The number of hydrogen-bond donors (Lipinski definition) is 1. The van der Waals surface area contributed by atoms with Gasteiger partial charge in [-0.15, -0.1) is 0 Å². The van der Waals surface area contributed by atoms with E-state index in [1.165, 1.54) is 18.3 Å². The molecule has 1 N–H and O–H groups in total. The molecule has 4 aromatic carbocycles. The van der Waals surface area contributed by atoms with Crippen LogP contribution < -0.4 is 19.2 Å². The SMILES string of the molecule is CCOc1cc(/C=N\NC(=O)CN(c2ccc(C)cc2C)S(=O)(=O)c2ccccc2)ccc1OCc1ccccc1. The van der Waals surface area contributed by atoms with Crippen LogP contribution in [0.25, 0.3) is 0 Å². The number of ether oxygens (including phenoxy) is 2. The molecule has 0 saturated carbocycles. The van der Waals surface area contributed by atoms with Gasteiger partial charge in [0.15, 0.2) is 11.5 Å². The predicted molar refractivity (Wildman–Crippen MR) is 161 cm³/mol. The van der Waals surface area contributed by atoms with E-state index in [1.54, 1.807) is 42.5 Å². The Labute approximate surface area is 241 Å². The van der Waals surface area contributed by atoms with Crippen LogP contribution in [0.3, 0.4) is 0 Å². The molecule has 0 aliphatic carbocycles. The Kier molecular flexibility index (Phi) is 9.76. The number of anilines is 1. The largest absolute Gasteiger partial charge is 0.490 e. The van der Waals surface area contributed by atoms with Gasteiger partial charge < -0.3 is 9.47 Å². The Bertz CT molecular complexity index is 1610. The first-order valence-corrected chi connectivity index (χ1v) is 14.6. The minimum absolute atomic E-state index is 0.0919. The molecular formula is C32H33N3O5S. The van der Waals surface area contributed by atoms with E-state index < -0.39 is 22.5 Å². The third-order valence-electron chi connectivity index (χ3n) is 6.15. The first-order valence-electron chi connectivity index (χ1n) is 13.2. The molecule has 4 aromatic rings. The normalized spacial score (nSPS) is 11.3. The van der Waals surface area contributed by atoms with E-state index in [-0.39, 0.29) is 4.90 Å². The molecule has 0 aliphatic rings. The zero-order valence-electron chi connectivity index (χ0n) is 23.3. The average Bonchev–Trinajstić information content (AvgIpc) is 2.97. The standard InChI is InChI=1S/C32H33N3O5S/c1-4-39-31-20-27(16-18-30(31)40-23-26-11-7-5-8-12-26)21-33-34-32(36)22-35(29-17-15-24(2)19-25(29)3)41(37,38)28-13-9-6-10-14-28/h5-21H,4,22-23H2,1-3H3,(H,34,36)/b33-21-. The number of amides is 1. The van der Waals surface area contributed by atoms with Crippen LogP contribution in [-0.4, -0.2) is 33.7 Å². The van der Waals surface area contributed by atoms with Crippen molar-refractivity contribution in [1.82, 2.24) is 5.43 Å². The fourth-order valence-corrected chi connectivity index (χ4v) is 5.68. The number of rotatable bonds is 12. The molecule has 0 bridgehead atoms. The summed E-state index contributed by atoms with van der Waals surface area (Å²) in [6.45, 7) is 6.01. The van der Waals surface area contributed by atoms with Crippen LogP contribution in [-0.2, 0) is 21.4 Å². The molecule has 212 valence electrons. The van der Waals surface area contributed by atoms with Crippen molar-refractivity contribution in [3.8, 4) is 11.5 Å². The van der Waals surface area contributed by atoms with E-state index in [9.17, 15) is 13.2 Å². The number of sulfonamides is 1. The van der Waals surface area contributed by atoms with Gasteiger partial charge in [-0.2, -0.15) is 5.10 Å². The number of benzene rings is 4. The van der Waals surface area contributed by atoms with Gasteiger partial charge in [0.05, 0.1) is 23.4 Å². The number of carbonyl (C=O) groups is 1. The van der Waals surface area contributed by atoms with Crippen LogP contribution in [0.15, 0.2) is 107 Å². The molecule has 4 rings (SSSR count). The van der Waals surface area contributed by atoms with Gasteiger partial charge in [-0.25, -0.2) is 13.8 Å². The molecule has 0 atom stereocenters. The van der Waals surface area contributed by atoms with E-state index >= 15 is 0 Å². The van der Waals surface area contributed by atoms with E-state index in [0.717, 1.165) is 21.0 Å². The predicted octanol–water partition coefficient (Wildman–Crippen LogP) is 5.63. The quantitative estimate of drug-likeness (QED) is 0.176. The number of nitrogens with zero attached hydrogens (tertiary/aromatic N) is 2. The second-order valence-corrected chi connectivity index (χ2v) is 11.2. The van der Waals surface area contributed by atoms with Gasteiger partial charge in [0.25, 0.3) is 15.9 Å². The lowest BCUT2D eigenvalue weighted by Crippen LogP contribution is -2.40. The summed E-state index contributed by atoms with van der Waals surface area (Å²) in [6.07, 6.45) is 1.47. The Balaban J connectivity index is 1.48. The Morgan fingerprint density at radius 1 is 0.878 bits per heavy atom. The van der Waals surface area contributed by atoms with E-state index in [2.05, 4.69) is 10.5 Å². The molecular weight excluding hydrogens is 538 g/mol. The molecule has 0 saturated heterocycles. The summed E-state index contributed by atoms with van der Waals surface area (Å²) in [4.78, 5) is 13.0. The highest BCUT2D eigenvalue weighted by Gasteiger charge is 2.28. The maximum Gasteiger partial charge on any atom is 0.264 e. The highest BCUT2D eigenvalue weighted by Crippen LogP contribution is 2.29. The van der Waals surface area contributed by atoms with Crippen molar-refractivity contribution in [3.05, 3.63) is 119 Å². The zero-order chi connectivity index (χ0) is 29.2.